The molecule has 0 radical (unpaired) electrons. The summed E-state index contributed by atoms with van der Waals surface area (Å²) in [5.41, 5.74) is 0. The first-order valence-electron chi connectivity index (χ1n) is 6.72. The second-order valence-electron chi connectivity index (χ2n) is 4.55. The van der Waals surface area contributed by atoms with E-state index in [1.807, 2.05) is 6.92 Å². The fourth-order valence-electron chi connectivity index (χ4n) is 2.10. The van der Waals surface area contributed by atoms with Crippen molar-refractivity contribution in [1.29, 1.82) is 0 Å². The molecule has 1 aromatic rings. The highest BCUT2D eigenvalue weighted by Crippen LogP contribution is 2.19. The van der Waals surface area contributed by atoms with Gasteiger partial charge in [0.05, 0.1) is 6.61 Å². The van der Waals surface area contributed by atoms with Crippen LogP contribution < -0.4 is 5.32 Å². The van der Waals surface area contributed by atoms with E-state index in [-0.39, 0.29) is 6.09 Å². The van der Waals surface area contributed by atoms with Gasteiger partial charge in [-0.05, 0) is 19.8 Å². The number of nitrogens with one attached hydrogen (secondary N) is 1. The Hall–Kier alpha value is -1.41. The highest BCUT2D eigenvalue weighted by Gasteiger charge is 2.24. The Morgan fingerprint density at radius 3 is 2.90 bits per heavy atom. The average Bonchev–Trinajstić information content (AvgIpc) is 2.88. The third-order valence-electron chi connectivity index (χ3n) is 3.09. The standard InChI is InChI=1S/C12H20N4O3S/c1-3-19-12(17)16-6-4-9(5-7-16)13-11-14-10(8-18-2)15-20-11/h9H,3-8H2,1-2H3,(H,13,14,15). The highest BCUT2D eigenvalue weighted by molar-refractivity contribution is 7.09. The number of hydrogen-bond acceptors (Lipinski definition) is 7. The van der Waals surface area contributed by atoms with Crippen LogP contribution in [-0.4, -0.2) is 53.2 Å². The van der Waals surface area contributed by atoms with Crippen LogP contribution in [-0.2, 0) is 16.1 Å². The van der Waals surface area contributed by atoms with Crippen LogP contribution in [0.5, 0.6) is 0 Å². The first kappa shape index (κ1) is 15.0. The van der Waals surface area contributed by atoms with Crippen LogP contribution >= 0.6 is 11.5 Å². The van der Waals surface area contributed by atoms with E-state index in [1.54, 1.807) is 12.0 Å². The van der Waals surface area contributed by atoms with Crippen LogP contribution in [0.2, 0.25) is 0 Å². The van der Waals surface area contributed by atoms with Gasteiger partial charge in [0, 0.05) is 37.8 Å². The highest BCUT2D eigenvalue weighted by atomic mass is 32.1. The summed E-state index contributed by atoms with van der Waals surface area (Å²) in [6.07, 6.45) is 1.56. The number of ether oxygens (including phenoxy) is 2. The average molecular weight is 300 g/mol. The van der Waals surface area contributed by atoms with Crippen LogP contribution in [0.15, 0.2) is 0 Å². The van der Waals surface area contributed by atoms with Crippen molar-refractivity contribution in [3.05, 3.63) is 5.82 Å². The summed E-state index contributed by atoms with van der Waals surface area (Å²) in [5, 5.41) is 4.17. The van der Waals surface area contributed by atoms with Gasteiger partial charge in [-0.15, -0.1) is 0 Å². The molecule has 0 spiro atoms. The molecule has 1 aliphatic heterocycles. The van der Waals surface area contributed by atoms with E-state index in [9.17, 15) is 4.79 Å². The molecule has 2 heterocycles. The van der Waals surface area contributed by atoms with Gasteiger partial charge in [-0.3, -0.25) is 0 Å². The topological polar surface area (TPSA) is 76.6 Å². The molecule has 8 heteroatoms. The van der Waals surface area contributed by atoms with Crippen molar-refractivity contribution in [2.24, 2.45) is 0 Å². The van der Waals surface area contributed by atoms with Gasteiger partial charge in [0.2, 0.25) is 5.13 Å². The van der Waals surface area contributed by atoms with Crippen molar-refractivity contribution >= 4 is 22.8 Å². The molecule has 20 heavy (non-hydrogen) atoms. The Labute approximate surface area is 122 Å². The van der Waals surface area contributed by atoms with E-state index in [4.69, 9.17) is 9.47 Å². The molecule has 7 nitrogen and oxygen atoms in total. The van der Waals surface area contributed by atoms with E-state index in [1.165, 1.54) is 11.5 Å². The molecular formula is C12H20N4O3S. The van der Waals surface area contributed by atoms with E-state index in [2.05, 4.69) is 14.7 Å². The maximum atomic E-state index is 11.6. The number of rotatable bonds is 5. The minimum absolute atomic E-state index is 0.218. The lowest BCUT2D eigenvalue weighted by Crippen LogP contribution is -2.42. The van der Waals surface area contributed by atoms with Crippen molar-refractivity contribution in [1.82, 2.24) is 14.3 Å². The summed E-state index contributed by atoms with van der Waals surface area (Å²) in [6.45, 7) is 4.09. The molecule has 0 unspecified atom stereocenters. The Morgan fingerprint density at radius 1 is 1.50 bits per heavy atom. The number of methoxy groups -OCH3 is 1. The van der Waals surface area contributed by atoms with Gasteiger partial charge in [0.25, 0.3) is 0 Å². The minimum atomic E-state index is -0.218. The lowest BCUT2D eigenvalue weighted by atomic mass is 10.1. The van der Waals surface area contributed by atoms with Crippen LogP contribution in [0.25, 0.3) is 0 Å². The van der Waals surface area contributed by atoms with Gasteiger partial charge < -0.3 is 19.7 Å². The van der Waals surface area contributed by atoms with E-state index in [0.717, 1.165) is 18.0 Å². The van der Waals surface area contributed by atoms with Gasteiger partial charge in [-0.25, -0.2) is 9.78 Å². The predicted octanol–water partition coefficient (Wildman–Crippen LogP) is 1.72. The SMILES string of the molecule is CCOC(=O)N1CCC(Nc2nc(COC)ns2)CC1. The smallest absolute Gasteiger partial charge is 0.409 e. The molecule has 0 saturated carbocycles. The molecule has 1 aromatic heterocycles. The lowest BCUT2D eigenvalue weighted by Gasteiger charge is -2.31. The number of likely N-dealkylation sites (tertiary alicyclic amines) is 1. The summed E-state index contributed by atoms with van der Waals surface area (Å²) in [5.74, 6) is 0.698. The summed E-state index contributed by atoms with van der Waals surface area (Å²) in [6, 6.07) is 0.323. The van der Waals surface area contributed by atoms with Crippen molar-refractivity contribution in [2.75, 3.05) is 32.1 Å². The second kappa shape index (κ2) is 7.39. The fraction of sp³-hybridized carbons (Fsp3) is 0.750. The van der Waals surface area contributed by atoms with Gasteiger partial charge in [-0.1, -0.05) is 0 Å². The molecule has 0 bridgehead atoms. The zero-order chi connectivity index (χ0) is 14.4. The third kappa shape index (κ3) is 4.04. The number of hydrogen-bond donors (Lipinski definition) is 1. The quantitative estimate of drug-likeness (QED) is 0.892. The van der Waals surface area contributed by atoms with Crippen LogP contribution in [0.1, 0.15) is 25.6 Å². The molecule has 2 rings (SSSR count). The molecule has 112 valence electrons. The molecule has 0 aromatic carbocycles. The van der Waals surface area contributed by atoms with Gasteiger partial charge in [-0.2, -0.15) is 4.37 Å². The van der Waals surface area contributed by atoms with Gasteiger partial charge in [0.1, 0.15) is 6.61 Å². The van der Waals surface area contributed by atoms with Crippen molar-refractivity contribution in [3.8, 4) is 0 Å². The molecular weight excluding hydrogens is 280 g/mol. The Balaban J connectivity index is 1.77. The Morgan fingerprint density at radius 2 is 2.25 bits per heavy atom. The van der Waals surface area contributed by atoms with Gasteiger partial charge in [0.15, 0.2) is 5.82 Å². The largest absolute Gasteiger partial charge is 0.450 e. The number of piperidine rings is 1. The Bertz CT molecular complexity index is 432. The molecule has 1 amide bonds. The second-order valence-corrected chi connectivity index (χ2v) is 5.31. The lowest BCUT2D eigenvalue weighted by molar-refractivity contribution is 0.0983. The summed E-state index contributed by atoms with van der Waals surface area (Å²) in [4.78, 5) is 17.7. The maximum Gasteiger partial charge on any atom is 0.409 e. The van der Waals surface area contributed by atoms with Crippen molar-refractivity contribution in [2.45, 2.75) is 32.4 Å². The van der Waals surface area contributed by atoms with Crippen LogP contribution in [0.4, 0.5) is 9.93 Å². The molecule has 1 fully saturated rings. The van der Waals surface area contributed by atoms with Crippen LogP contribution in [0, 0.1) is 0 Å². The predicted molar refractivity (Wildman–Crippen MR) is 75.9 cm³/mol. The number of nitrogens with zero attached hydrogens (tertiary/aromatic N) is 3. The maximum absolute atomic E-state index is 11.6. The molecule has 0 atom stereocenters. The fourth-order valence-corrected chi connectivity index (χ4v) is 2.75. The number of aromatic nitrogens is 2. The summed E-state index contributed by atoms with van der Waals surface area (Å²) < 4.78 is 14.2. The molecule has 0 aliphatic carbocycles. The third-order valence-corrected chi connectivity index (χ3v) is 3.77. The molecule has 1 N–H and O–H groups in total. The van der Waals surface area contributed by atoms with E-state index < -0.39 is 0 Å². The first-order chi connectivity index (χ1) is 9.72. The monoisotopic (exact) mass is 300 g/mol. The van der Waals surface area contributed by atoms with Crippen molar-refractivity contribution in [3.63, 3.8) is 0 Å². The Kier molecular flexibility index (Phi) is 5.54. The first-order valence-corrected chi connectivity index (χ1v) is 7.50. The minimum Gasteiger partial charge on any atom is -0.450 e. The zero-order valence-corrected chi connectivity index (χ0v) is 12.6. The zero-order valence-electron chi connectivity index (χ0n) is 11.8. The molecule has 1 saturated heterocycles. The molecule has 1 aliphatic rings. The van der Waals surface area contributed by atoms with E-state index >= 15 is 0 Å². The van der Waals surface area contributed by atoms with E-state index in [0.29, 0.717) is 38.2 Å². The number of amides is 1. The van der Waals surface area contributed by atoms with Crippen LogP contribution in [0.3, 0.4) is 0 Å². The number of carbonyl (C=O) groups is 1. The normalized spacial score (nSPS) is 16.2. The van der Waals surface area contributed by atoms with Gasteiger partial charge >= 0.3 is 6.09 Å². The number of carbonyl (C=O) groups excluding carboxylic acids is 1. The van der Waals surface area contributed by atoms with Crippen molar-refractivity contribution < 1.29 is 14.3 Å². The summed E-state index contributed by atoms with van der Waals surface area (Å²) in [7, 11) is 1.62. The summed E-state index contributed by atoms with van der Waals surface area (Å²) >= 11 is 1.34. The number of anilines is 1.